The summed E-state index contributed by atoms with van der Waals surface area (Å²) in [5.41, 5.74) is 4.36. The van der Waals surface area contributed by atoms with Crippen LogP contribution in [0.2, 0.25) is 0 Å². The number of halogens is 2. The van der Waals surface area contributed by atoms with E-state index >= 15 is 0 Å². The van der Waals surface area contributed by atoms with E-state index in [0.717, 1.165) is 36.3 Å². The molecule has 0 aliphatic rings. The van der Waals surface area contributed by atoms with Crippen molar-refractivity contribution >= 4 is 26.3 Å². The van der Waals surface area contributed by atoms with Gasteiger partial charge >= 0.3 is 5.85 Å². The minimum Gasteiger partial charge on any atom is -0.430 e. The summed E-state index contributed by atoms with van der Waals surface area (Å²) in [7, 11) is 1.36. The number of nitrogens with one attached hydrogen (secondary N) is 1. The standard InChI is InChI=1S/C20H25F2N2OP/c1-4-7-14(5-2)18-15(6-3)12-13-23-19(18)24-16-8-10-17(11-9-16)25-20(21,22)26/h7-13H,4-6,26H2,1-3H3,(H,23,24)/b14-7+. The van der Waals surface area contributed by atoms with Gasteiger partial charge in [0.1, 0.15) is 11.6 Å². The van der Waals surface area contributed by atoms with Crippen molar-refractivity contribution in [1.82, 2.24) is 4.98 Å². The monoisotopic (exact) mass is 378 g/mol. The number of pyridine rings is 1. The molecule has 2 aromatic rings. The predicted octanol–water partition coefficient (Wildman–Crippen LogP) is 6.40. The van der Waals surface area contributed by atoms with Gasteiger partial charge in [-0.3, -0.25) is 0 Å². The number of rotatable bonds is 8. The molecule has 1 aromatic carbocycles. The van der Waals surface area contributed by atoms with Gasteiger partial charge in [0.25, 0.3) is 0 Å². The van der Waals surface area contributed by atoms with Crippen LogP contribution in [0.25, 0.3) is 5.57 Å². The van der Waals surface area contributed by atoms with Crippen molar-refractivity contribution in [2.24, 2.45) is 0 Å². The molecule has 0 fully saturated rings. The molecule has 6 heteroatoms. The van der Waals surface area contributed by atoms with Crippen LogP contribution in [0.4, 0.5) is 20.3 Å². The Morgan fingerprint density at radius 3 is 2.42 bits per heavy atom. The van der Waals surface area contributed by atoms with E-state index in [-0.39, 0.29) is 5.75 Å². The Labute approximate surface area is 156 Å². The second kappa shape index (κ2) is 9.09. The molecule has 0 aliphatic heterocycles. The normalized spacial score (nSPS) is 12.2. The molecular weight excluding hydrogens is 353 g/mol. The Morgan fingerprint density at radius 1 is 1.19 bits per heavy atom. The summed E-state index contributed by atoms with van der Waals surface area (Å²) >= 11 is 0. The Balaban J connectivity index is 2.33. The van der Waals surface area contributed by atoms with Gasteiger partial charge < -0.3 is 10.1 Å². The zero-order chi connectivity index (χ0) is 19.2. The quantitative estimate of drug-likeness (QED) is 0.540. The number of allylic oxidation sites excluding steroid dienone is 2. The Kier molecular flexibility index (Phi) is 7.10. The van der Waals surface area contributed by atoms with Gasteiger partial charge in [-0.2, -0.15) is 8.78 Å². The van der Waals surface area contributed by atoms with Crippen LogP contribution in [-0.4, -0.2) is 10.8 Å². The second-order valence-electron chi connectivity index (χ2n) is 5.85. The summed E-state index contributed by atoms with van der Waals surface area (Å²) in [6.45, 7) is 6.37. The van der Waals surface area contributed by atoms with Crippen molar-refractivity contribution in [3.8, 4) is 5.75 Å². The second-order valence-corrected chi connectivity index (χ2v) is 6.52. The van der Waals surface area contributed by atoms with Crippen LogP contribution in [0.15, 0.2) is 42.6 Å². The smallest absolute Gasteiger partial charge is 0.408 e. The first kappa shape index (κ1) is 20.3. The molecule has 1 heterocycles. The Morgan fingerprint density at radius 2 is 1.88 bits per heavy atom. The Bertz CT molecular complexity index is 755. The van der Waals surface area contributed by atoms with Gasteiger partial charge in [0.15, 0.2) is 0 Å². The summed E-state index contributed by atoms with van der Waals surface area (Å²) < 4.78 is 30.3. The number of nitrogens with zero attached hydrogens (tertiary/aromatic N) is 1. The molecule has 0 aliphatic carbocycles. The zero-order valence-corrected chi connectivity index (χ0v) is 16.5. The van der Waals surface area contributed by atoms with Crippen LogP contribution in [-0.2, 0) is 6.42 Å². The lowest BCUT2D eigenvalue weighted by atomic mass is 9.96. The van der Waals surface area contributed by atoms with Crippen molar-refractivity contribution < 1.29 is 13.5 Å². The molecule has 1 atom stereocenters. The molecule has 0 spiro atoms. The van der Waals surface area contributed by atoms with E-state index in [4.69, 9.17) is 0 Å². The fourth-order valence-electron chi connectivity index (χ4n) is 2.82. The molecule has 0 saturated carbocycles. The minimum atomic E-state index is -3.28. The van der Waals surface area contributed by atoms with Crippen molar-refractivity contribution in [1.29, 1.82) is 0 Å². The largest absolute Gasteiger partial charge is 0.430 e. The summed E-state index contributed by atoms with van der Waals surface area (Å²) in [5, 5.41) is 3.31. The van der Waals surface area contributed by atoms with Crippen LogP contribution < -0.4 is 10.1 Å². The lowest BCUT2D eigenvalue weighted by Crippen LogP contribution is -2.14. The van der Waals surface area contributed by atoms with Gasteiger partial charge in [-0.1, -0.05) is 26.8 Å². The van der Waals surface area contributed by atoms with Crippen molar-refractivity contribution in [2.75, 3.05) is 5.32 Å². The molecule has 140 valence electrons. The topological polar surface area (TPSA) is 34.2 Å². The molecule has 3 nitrogen and oxygen atoms in total. The van der Waals surface area contributed by atoms with Gasteiger partial charge in [0.05, 0.1) is 0 Å². The van der Waals surface area contributed by atoms with E-state index in [2.05, 4.69) is 41.9 Å². The van der Waals surface area contributed by atoms with Gasteiger partial charge in [-0.05, 0) is 70.0 Å². The van der Waals surface area contributed by atoms with Crippen LogP contribution in [0.1, 0.15) is 44.7 Å². The minimum absolute atomic E-state index is 0.103. The predicted molar refractivity (Wildman–Crippen MR) is 107 cm³/mol. The summed E-state index contributed by atoms with van der Waals surface area (Å²) in [6.07, 6.45) is 6.78. The van der Waals surface area contributed by atoms with E-state index in [1.54, 1.807) is 18.3 Å². The van der Waals surface area contributed by atoms with Crippen LogP contribution in [0.5, 0.6) is 5.75 Å². The molecule has 0 bridgehead atoms. The lowest BCUT2D eigenvalue weighted by molar-refractivity contribution is -0.0892. The average Bonchev–Trinajstić information content (AvgIpc) is 2.60. The molecule has 0 amide bonds. The number of benzene rings is 1. The third kappa shape index (κ3) is 5.50. The molecule has 1 aromatic heterocycles. The van der Waals surface area contributed by atoms with Crippen LogP contribution in [0, 0.1) is 0 Å². The van der Waals surface area contributed by atoms with Crippen molar-refractivity contribution in [3.05, 3.63) is 53.7 Å². The average molecular weight is 378 g/mol. The van der Waals surface area contributed by atoms with E-state index in [9.17, 15) is 8.78 Å². The van der Waals surface area contributed by atoms with Crippen molar-refractivity contribution in [3.63, 3.8) is 0 Å². The van der Waals surface area contributed by atoms with Gasteiger partial charge in [0.2, 0.25) is 0 Å². The van der Waals surface area contributed by atoms with Crippen molar-refractivity contribution in [2.45, 2.75) is 45.9 Å². The maximum atomic E-state index is 12.9. The zero-order valence-electron chi connectivity index (χ0n) is 15.4. The molecular formula is C20H25F2N2OP. The van der Waals surface area contributed by atoms with Crippen LogP contribution >= 0.6 is 9.24 Å². The lowest BCUT2D eigenvalue weighted by Gasteiger charge is -2.17. The third-order valence-corrected chi connectivity index (χ3v) is 4.06. The number of ether oxygens (including phenoxy) is 1. The molecule has 26 heavy (non-hydrogen) atoms. The number of anilines is 2. The van der Waals surface area contributed by atoms with Crippen LogP contribution in [0.3, 0.4) is 0 Å². The maximum Gasteiger partial charge on any atom is 0.408 e. The number of hydrogen-bond donors (Lipinski definition) is 1. The highest BCUT2D eigenvalue weighted by Crippen LogP contribution is 2.32. The Hall–Kier alpha value is -2.00. The van der Waals surface area contributed by atoms with E-state index in [0.29, 0.717) is 0 Å². The summed E-state index contributed by atoms with van der Waals surface area (Å²) in [6, 6.07) is 8.45. The first-order valence-electron chi connectivity index (χ1n) is 8.78. The number of aromatic nitrogens is 1. The molecule has 0 saturated heterocycles. The van der Waals surface area contributed by atoms with Gasteiger partial charge in [-0.15, -0.1) is 0 Å². The highest BCUT2D eigenvalue weighted by Gasteiger charge is 2.23. The fraction of sp³-hybridized carbons (Fsp3) is 0.350. The molecule has 0 radical (unpaired) electrons. The SMILES string of the molecule is CC/C=C(\CC)c1c(CC)ccnc1Nc1ccc(OC(F)(F)P)cc1. The highest BCUT2D eigenvalue weighted by atomic mass is 31.0. The molecule has 2 rings (SSSR count). The first-order valence-corrected chi connectivity index (χ1v) is 9.35. The first-order chi connectivity index (χ1) is 12.4. The fourth-order valence-corrected chi connectivity index (χ4v) is 2.96. The van der Waals surface area contributed by atoms with E-state index < -0.39 is 5.85 Å². The third-order valence-electron chi connectivity index (χ3n) is 3.94. The van der Waals surface area contributed by atoms with E-state index in [1.165, 1.54) is 32.5 Å². The number of aryl methyl sites for hydroxylation is 1. The van der Waals surface area contributed by atoms with Gasteiger partial charge in [-0.25, -0.2) is 4.98 Å². The number of hydrogen-bond acceptors (Lipinski definition) is 3. The molecule has 1 N–H and O–H groups in total. The van der Waals surface area contributed by atoms with Gasteiger partial charge in [0, 0.05) is 17.4 Å². The highest BCUT2D eigenvalue weighted by molar-refractivity contribution is 7.17. The van der Waals surface area contributed by atoms with E-state index in [1.807, 2.05) is 6.07 Å². The summed E-state index contributed by atoms with van der Waals surface area (Å²) in [4.78, 5) is 4.51. The summed E-state index contributed by atoms with van der Waals surface area (Å²) in [5.74, 6) is -2.40. The maximum absolute atomic E-state index is 12.9. The number of alkyl halides is 2. The molecule has 1 unspecified atom stereocenters.